The van der Waals surface area contributed by atoms with Crippen molar-refractivity contribution in [2.75, 3.05) is 0 Å². The summed E-state index contributed by atoms with van der Waals surface area (Å²) in [5.74, 6) is 2.45. The summed E-state index contributed by atoms with van der Waals surface area (Å²) in [5.41, 5.74) is 5.66. The lowest BCUT2D eigenvalue weighted by atomic mass is 9.76. The van der Waals surface area contributed by atoms with Gasteiger partial charge in [0.2, 0.25) is 0 Å². The Hall–Kier alpha value is -0.650. The molecule has 1 atom stereocenters. The maximum Gasteiger partial charge on any atom is 0.0934 e. The lowest BCUT2D eigenvalue weighted by Gasteiger charge is -2.27. The molecule has 0 saturated carbocycles. The monoisotopic (exact) mass is 273 g/mol. The lowest BCUT2D eigenvalue weighted by molar-refractivity contribution is 0.385. The van der Waals surface area contributed by atoms with Crippen LogP contribution in [0.1, 0.15) is 86.0 Å². The summed E-state index contributed by atoms with van der Waals surface area (Å²) in [6.45, 7) is 12.0. The molecule has 112 valence electrons. The van der Waals surface area contributed by atoms with Crippen molar-refractivity contribution in [1.82, 2.24) is 0 Å². The Kier molecular flexibility index (Phi) is 5.04. The van der Waals surface area contributed by atoms with E-state index in [1.54, 1.807) is 17.1 Å². The zero-order chi connectivity index (χ0) is 14.8. The number of rotatable bonds is 1. The van der Waals surface area contributed by atoms with Gasteiger partial charge in [0.1, 0.15) is 0 Å². The number of allylic oxidation sites excluding steroid dienone is 4. The molecule has 2 aliphatic rings. The summed E-state index contributed by atoms with van der Waals surface area (Å²) in [4.78, 5) is 0. The highest BCUT2D eigenvalue weighted by Gasteiger charge is 2.37. The SMILES string of the molecule is C/C1=C\C[C@@]2(C)CCC(C(C)C)=C2CC[C+](C)CCC1. The second kappa shape index (κ2) is 6.41. The minimum absolute atomic E-state index is 0.450. The van der Waals surface area contributed by atoms with Gasteiger partial charge in [-0.25, -0.2) is 0 Å². The molecule has 0 amide bonds. The molecule has 0 nitrogen and oxygen atoms in total. The van der Waals surface area contributed by atoms with Gasteiger partial charge in [-0.1, -0.05) is 43.6 Å². The van der Waals surface area contributed by atoms with E-state index < -0.39 is 0 Å². The molecular formula is C20H33+. The fourth-order valence-electron chi connectivity index (χ4n) is 4.06. The average Bonchev–Trinajstić information content (AvgIpc) is 2.70. The predicted molar refractivity (Wildman–Crippen MR) is 89.6 cm³/mol. The van der Waals surface area contributed by atoms with Crippen molar-refractivity contribution in [3.63, 3.8) is 0 Å². The normalized spacial score (nSPS) is 31.9. The fraction of sp³-hybridized carbons (Fsp3) is 0.750. The topological polar surface area (TPSA) is 0 Å². The summed E-state index contributed by atoms with van der Waals surface area (Å²) in [5, 5.41) is 0. The third kappa shape index (κ3) is 3.51. The van der Waals surface area contributed by atoms with Gasteiger partial charge in [0.15, 0.2) is 0 Å². The van der Waals surface area contributed by atoms with Gasteiger partial charge in [-0.05, 0) is 50.4 Å². The third-order valence-electron chi connectivity index (χ3n) is 5.64. The van der Waals surface area contributed by atoms with Crippen LogP contribution in [0.25, 0.3) is 0 Å². The van der Waals surface area contributed by atoms with E-state index in [1.807, 2.05) is 5.57 Å². The van der Waals surface area contributed by atoms with Crippen molar-refractivity contribution in [3.8, 4) is 0 Å². The third-order valence-corrected chi connectivity index (χ3v) is 5.64. The molecule has 0 aromatic carbocycles. The van der Waals surface area contributed by atoms with Gasteiger partial charge >= 0.3 is 0 Å². The maximum absolute atomic E-state index is 2.55. The van der Waals surface area contributed by atoms with Crippen LogP contribution in [0.15, 0.2) is 22.8 Å². The Labute approximate surface area is 126 Å². The second-order valence-electron chi connectivity index (χ2n) is 7.78. The highest BCUT2D eigenvalue weighted by atomic mass is 14.4. The Morgan fingerprint density at radius 1 is 1.15 bits per heavy atom. The first-order chi connectivity index (χ1) is 9.42. The Bertz CT molecular complexity index is 396. The second-order valence-corrected chi connectivity index (χ2v) is 7.78. The summed E-state index contributed by atoms with van der Waals surface area (Å²) in [7, 11) is 0. The molecule has 20 heavy (non-hydrogen) atoms. The fourth-order valence-corrected chi connectivity index (χ4v) is 4.06. The standard InChI is InChI=1S/C20H33/c1-15(2)18-12-14-20(5)13-11-17(4)8-6-7-16(3)9-10-19(18)20/h11,15H,6-10,12-14H2,1-5H3/q+1/b17-11+/t20-/m0/s1. The quantitative estimate of drug-likeness (QED) is 0.371. The van der Waals surface area contributed by atoms with Gasteiger partial charge in [0, 0.05) is 6.42 Å². The van der Waals surface area contributed by atoms with E-state index >= 15 is 0 Å². The molecule has 0 N–H and O–H groups in total. The van der Waals surface area contributed by atoms with Crippen molar-refractivity contribution in [2.24, 2.45) is 11.3 Å². The Balaban J connectivity index is 2.29. The van der Waals surface area contributed by atoms with Crippen molar-refractivity contribution in [2.45, 2.75) is 86.0 Å². The molecule has 2 aliphatic carbocycles. The molecule has 0 heteroatoms. The van der Waals surface area contributed by atoms with Crippen LogP contribution < -0.4 is 0 Å². The first kappa shape index (κ1) is 15.7. The van der Waals surface area contributed by atoms with Crippen LogP contribution in [0.2, 0.25) is 0 Å². The zero-order valence-electron chi connectivity index (χ0n) is 14.3. The van der Waals surface area contributed by atoms with Crippen molar-refractivity contribution in [3.05, 3.63) is 28.7 Å². The molecule has 0 saturated heterocycles. The van der Waals surface area contributed by atoms with Gasteiger partial charge < -0.3 is 0 Å². The van der Waals surface area contributed by atoms with Gasteiger partial charge in [0.05, 0.1) is 25.7 Å². The van der Waals surface area contributed by atoms with Crippen molar-refractivity contribution in [1.29, 1.82) is 0 Å². The van der Waals surface area contributed by atoms with Crippen LogP contribution in [0, 0.1) is 17.3 Å². The van der Waals surface area contributed by atoms with Gasteiger partial charge in [-0.15, -0.1) is 0 Å². The predicted octanol–water partition coefficient (Wildman–Crippen LogP) is 6.63. The van der Waals surface area contributed by atoms with Crippen LogP contribution in [-0.2, 0) is 0 Å². The van der Waals surface area contributed by atoms with E-state index in [4.69, 9.17) is 0 Å². The summed E-state index contributed by atoms with van der Waals surface area (Å²) < 4.78 is 0. The van der Waals surface area contributed by atoms with Crippen LogP contribution in [0.5, 0.6) is 0 Å². The molecule has 2 rings (SSSR count). The van der Waals surface area contributed by atoms with Gasteiger partial charge in [0.25, 0.3) is 0 Å². The van der Waals surface area contributed by atoms with Crippen LogP contribution in [-0.4, -0.2) is 0 Å². The summed E-state index contributed by atoms with van der Waals surface area (Å²) in [6, 6.07) is 0. The molecule has 0 radical (unpaired) electrons. The van der Waals surface area contributed by atoms with Crippen molar-refractivity contribution >= 4 is 0 Å². The Morgan fingerprint density at radius 3 is 2.60 bits per heavy atom. The van der Waals surface area contributed by atoms with E-state index in [1.165, 1.54) is 51.4 Å². The van der Waals surface area contributed by atoms with Gasteiger partial charge in [-0.3, -0.25) is 0 Å². The minimum atomic E-state index is 0.450. The zero-order valence-corrected chi connectivity index (χ0v) is 14.3. The molecular weight excluding hydrogens is 240 g/mol. The summed E-state index contributed by atoms with van der Waals surface area (Å²) in [6.07, 6.45) is 13.1. The Morgan fingerprint density at radius 2 is 1.90 bits per heavy atom. The largest absolute Gasteiger partial charge is 0.0934 e. The molecule has 0 fully saturated rings. The van der Waals surface area contributed by atoms with Gasteiger partial charge in [-0.2, -0.15) is 0 Å². The first-order valence-electron chi connectivity index (χ1n) is 8.62. The molecule has 0 aliphatic heterocycles. The average molecular weight is 273 g/mol. The van der Waals surface area contributed by atoms with E-state index in [2.05, 4.69) is 40.7 Å². The number of hydrogen-bond acceptors (Lipinski definition) is 0. The van der Waals surface area contributed by atoms with E-state index in [0.29, 0.717) is 5.41 Å². The highest BCUT2D eigenvalue weighted by Crippen LogP contribution is 2.50. The first-order valence-corrected chi connectivity index (χ1v) is 8.62. The molecule has 0 heterocycles. The minimum Gasteiger partial charge on any atom is -0.0847 e. The van der Waals surface area contributed by atoms with Crippen LogP contribution in [0.3, 0.4) is 0 Å². The maximum atomic E-state index is 2.55. The lowest BCUT2D eigenvalue weighted by Crippen LogP contribution is -2.16. The van der Waals surface area contributed by atoms with E-state index in [9.17, 15) is 0 Å². The molecule has 0 aromatic heterocycles. The number of hydrogen-bond donors (Lipinski definition) is 0. The van der Waals surface area contributed by atoms with Crippen LogP contribution in [0.4, 0.5) is 0 Å². The molecule has 0 bridgehead atoms. The smallest absolute Gasteiger partial charge is 0.0847 e. The molecule has 0 aromatic rings. The van der Waals surface area contributed by atoms with Crippen LogP contribution >= 0.6 is 0 Å². The van der Waals surface area contributed by atoms with E-state index in [-0.39, 0.29) is 0 Å². The van der Waals surface area contributed by atoms with E-state index in [0.717, 1.165) is 5.92 Å². The highest BCUT2D eigenvalue weighted by molar-refractivity contribution is 5.30. The molecule has 0 unspecified atom stereocenters. The van der Waals surface area contributed by atoms with Crippen molar-refractivity contribution < 1.29 is 0 Å². The number of fused-ring (bicyclic) bond motifs is 1. The summed E-state index contributed by atoms with van der Waals surface area (Å²) >= 11 is 0. The molecule has 0 spiro atoms.